The molecule has 116 valence electrons. The van der Waals surface area contributed by atoms with Crippen molar-refractivity contribution >= 4 is 28.9 Å². The number of anilines is 2. The summed E-state index contributed by atoms with van der Waals surface area (Å²) < 4.78 is 0. The van der Waals surface area contributed by atoms with E-state index in [2.05, 4.69) is 36.3 Å². The highest BCUT2D eigenvalue weighted by atomic mass is 35.5. The summed E-state index contributed by atoms with van der Waals surface area (Å²) >= 11 is 6.44. The number of hydrogen-bond acceptors (Lipinski definition) is 3. The number of nitrogens with zero attached hydrogens (tertiary/aromatic N) is 1. The lowest BCUT2D eigenvalue weighted by atomic mass is 10.0. The average molecular weight is 310 g/mol. The van der Waals surface area contributed by atoms with Gasteiger partial charge in [0.25, 0.3) is 0 Å². The minimum Gasteiger partial charge on any atom is -0.371 e. The van der Waals surface area contributed by atoms with Gasteiger partial charge >= 0.3 is 0 Å². The fourth-order valence-electron chi connectivity index (χ4n) is 2.91. The van der Waals surface area contributed by atoms with Crippen LogP contribution in [0.4, 0.5) is 11.4 Å². The Labute approximate surface area is 131 Å². The second-order valence-electron chi connectivity index (χ2n) is 6.19. The van der Waals surface area contributed by atoms with Gasteiger partial charge in [0.05, 0.1) is 10.7 Å². The van der Waals surface area contributed by atoms with Crippen LogP contribution in [-0.2, 0) is 4.79 Å². The second-order valence-corrected chi connectivity index (χ2v) is 6.60. The summed E-state index contributed by atoms with van der Waals surface area (Å²) in [5.41, 5.74) is 2.73. The van der Waals surface area contributed by atoms with Gasteiger partial charge in [-0.2, -0.15) is 0 Å². The molecule has 1 aromatic rings. The number of rotatable bonds is 5. The predicted molar refractivity (Wildman–Crippen MR) is 89.2 cm³/mol. The van der Waals surface area contributed by atoms with Crippen molar-refractivity contribution in [3.8, 4) is 0 Å². The number of carbonyl (C=O) groups excluding carboxylic acids is 1. The lowest BCUT2D eigenvalue weighted by Gasteiger charge is -2.29. The lowest BCUT2D eigenvalue weighted by molar-refractivity contribution is -0.117. The largest absolute Gasteiger partial charge is 0.371 e. The molecule has 0 spiro atoms. The molecule has 1 aromatic carbocycles. The molecule has 0 radical (unpaired) electrons. The molecule has 2 rings (SSSR count). The van der Waals surface area contributed by atoms with Gasteiger partial charge in [-0.1, -0.05) is 25.4 Å². The molecule has 0 aromatic heterocycles. The molecule has 5 heteroatoms. The summed E-state index contributed by atoms with van der Waals surface area (Å²) in [6, 6.07) is 3.94. The molecular formula is C16H24ClN3O. The summed E-state index contributed by atoms with van der Waals surface area (Å²) in [4.78, 5) is 14.1. The molecular weight excluding hydrogens is 286 g/mol. The van der Waals surface area contributed by atoms with Gasteiger partial charge in [-0.25, -0.2) is 0 Å². The average Bonchev–Trinajstić information content (AvgIpc) is 2.70. The van der Waals surface area contributed by atoms with Gasteiger partial charge in [-0.05, 0) is 38.4 Å². The number of likely N-dealkylation sites (N-methyl/N-ethyl adjacent to an activating group) is 1. The van der Waals surface area contributed by atoms with Crippen molar-refractivity contribution in [2.45, 2.75) is 39.3 Å². The molecule has 2 N–H and O–H groups in total. The van der Waals surface area contributed by atoms with Crippen LogP contribution in [0.5, 0.6) is 0 Å². The van der Waals surface area contributed by atoms with Crippen LogP contribution in [0.2, 0.25) is 5.02 Å². The van der Waals surface area contributed by atoms with E-state index in [0.717, 1.165) is 23.4 Å². The molecule has 1 heterocycles. The van der Waals surface area contributed by atoms with Gasteiger partial charge in [-0.3, -0.25) is 4.79 Å². The number of hydrogen-bond donors (Lipinski definition) is 2. The monoisotopic (exact) mass is 309 g/mol. The van der Waals surface area contributed by atoms with Crippen molar-refractivity contribution in [3.63, 3.8) is 0 Å². The third-order valence-electron chi connectivity index (χ3n) is 4.09. The maximum atomic E-state index is 11.9. The first-order chi connectivity index (χ1) is 9.85. The molecule has 1 amide bonds. The first-order valence-corrected chi connectivity index (χ1v) is 7.77. The van der Waals surface area contributed by atoms with Crippen molar-refractivity contribution in [2.75, 3.05) is 24.3 Å². The van der Waals surface area contributed by atoms with Crippen LogP contribution in [0.15, 0.2) is 12.1 Å². The van der Waals surface area contributed by atoms with Crippen LogP contribution < -0.4 is 15.5 Å². The third kappa shape index (κ3) is 3.16. The first kappa shape index (κ1) is 16.1. The summed E-state index contributed by atoms with van der Waals surface area (Å²) in [6.07, 6.45) is 1.09. The Hall–Kier alpha value is -1.26. The zero-order chi connectivity index (χ0) is 15.7. The normalized spacial score (nSPS) is 18.6. The summed E-state index contributed by atoms with van der Waals surface area (Å²) in [5.74, 6) is 0.600. The standard InChI is InChI=1S/C16H24ClN3O/c1-9(2)6-10(3)20(5)14-8-13-11(7-12(14)17)15(18-4)16(21)19-13/h7-10,15,18H,6H2,1-5H3,(H,19,21). The Kier molecular flexibility index (Phi) is 4.79. The molecule has 1 aliphatic rings. The van der Waals surface area contributed by atoms with Crippen molar-refractivity contribution in [2.24, 2.45) is 5.92 Å². The number of nitrogens with one attached hydrogen (secondary N) is 2. The zero-order valence-corrected chi connectivity index (χ0v) is 14.1. The summed E-state index contributed by atoms with van der Waals surface area (Å²) in [5, 5.41) is 6.61. The summed E-state index contributed by atoms with van der Waals surface area (Å²) in [6.45, 7) is 6.62. The Balaban J connectivity index is 2.31. The molecule has 1 aliphatic heterocycles. The fourth-order valence-corrected chi connectivity index (χ4v) is 3.21. The Morgan fingerprint density at radius 3 is 2.62 bits per heavy atom. The lowest BCUT2D eigenvalue weighted by Crippen LogP contribution is -2.30. The van der Waals surface area contributed by atoms with Crippen LogP contribution in [0.25, 0.3) is 0 Å². The van der Waals surface area contributed by atoms with E-state index in [1.54, 1.807) is 7.05 Å². The molecule has 0 fully saturated rings. The van der Waals surface area contributed by atoms with E-state index in [9.17, 15) is 4.79 Å². The smallest absolute Gasteiger partial charge is 0.246 e. The van der Waals surface area contributed by atoms with Gasteiger partial charge < -0.3 is 15.5 Å². The van der Waals surface area contributed by atoms with Crippen LogP contribution in [-0.4, -0.2) is 26.0 Å². The van der Waals surface area contributed by atoms with Gasteiger partial charge in [0.1, 0.15) is 6.04 Å². The van der Waals surface area contributed by atoms with E-state index in [-0.39, 0.29) is 11.9 Å². The zero-order valence-electron chi connectivity index (χ0n) is 13.3. The first-order valence-electron chi connectivity index (χ1n) is 7.39. The second kappa shape index (κ2) is 6.24. The van der Waals surface area contributed by atoms with Gasteiger partial charge in [0, 0.05) is 24.3 Å². The summed E-state index contributed by atoms with van der Waals surface area (Å²) in [7, 11) is 3.82. The highest BCUT2D eigenvalue weighted by molar-refractivity contribution is 6.33. The van der Waals surface area contributed by atoms with Crippen molar-refractivity contribution < 1.29 is 4.79 Å². The maximum Gasteiger partial charge on any atom is 0.246 e. The Bertz CT molecular complexity index is 545. The Morgan fingerprint density at radius 1 is 1.38 bits per heavy atom. The topological polar surface area (TPSA) is 44.4 Å². The SMILES string of the molecule is CNC1C(=O)Nc2cc(N(C)C(C)CC(C)C)c(Cl)cc21. The Morgan fingerprint density at radius 2 is 2.05 bits per heavy atom. The number of fused-ring (bicyclic) bond motifs is 1. The molecule has 0 bridgehead atoms. The maximum absolute atomic E-state index is 11.9. The van der Waals surface area contributed by atoms with Crippen LogP contribution in [0, 0.1) is 5.92 Å². The molecule has 4 nitrogen and oxygen atoms in total. The highest BCUT2D eigenvalue weighted by Crippen LogP contribution is 2.39. The van der Waals surface area contributed by atoms with E-state index in [4.69, 9.17) is 11.6 Å². The quantitative estimate of drug-likeness (QED) is 0.876. The fraction of sp³-hybridized carbons (Fsp3) is 0.562. The van der Waals surface area contributed by atoms with E-state index in [1.165, 1.54) is 0 Å². The molecule has 0 saturated heterocycles. The van der Waals surface area contributed by atoms with E-state index >= 15 is 0 Å². The number of halogens is 1. The minimum absolute atomic E-state index is 0.0291. The number of carbonyl (C=O) groups is 1. The van der Waals surface area contributed by atoms with Crippen molar-refractivity contribution in [1.82, 2.24) is 5.32 Å². The molecule has 0 aliphatic carbocycles. The predicted octanol–water partition coefficient (Wildman–Crippen LogP) is 3.42. The molecule has 21 heavy (non-hydrogen) atoms. The van der Waals surface area contributed by atoms with Crippen LogP contribution in [0.1, 0.15) is 38.8 Å². The van der Waals surface area contributed by atoms with Gasteiger partial charge in [-0.15, -0.1) is 0 Å². The number of benzene rings is 1. The molecule has 0 saturated carbocycles. The molecule has 2 unspecified atom stereocenters. The van der Waals surface area contributed by atoms with E-state index < -0.39 is 0 Å². The van der Waals surface area contributed by atoms with E-state index in [1.807, 2.05) is 19.2 Å². The van der Waals surface area contributed by atoms with Gasteiger partial charge in [0.15, 0.2) is 0 Å². The van der Waals surface area contributed by atoms with Crippen LogP contribution in [0.3, 0.4) is 0 Å². The van der Waals surface area contributed by atoms with Crippen molar-refractivity contribution in [3.05, 3.63) is 22.7 Å². The third-order valence-corrected chi connectivity index (χ3v) is 4.40. The highest BCUT2D eigenvalue weighted by Gasteiger charge is 2.31. The molecule has 2 atom stereocenters. The minimum atomic E-state index is -0.315. The van der Waals surface area contributed by atoms with Crippen molar-refractivity contribution in [1.29, 1.82) is 0 Å². The van der Waals surface area contributed by atoms with E-state index in [0.29, 0.717) is 17.0 Å². The van der Waals surface area contributed by atoms with Crippen LogP contribution >= 0.6 is 11.6 Å². The van der Waals surface area contributed by atoms with Gasteiger partial charge in [0.2, 0.25) is 5.91 Å². The number of amides is 1.